The minimum absolute atomic E-state index is 0.205. The van der Waals surface area contributed by atoms with Crippen molar-refractivity contribution in [3.63, 3.8) is 0 Å². The molecule has 2 aromatic heterocycles. The van der Waals surface area contributed by atoms with Gasteiger partial charge in [0.25, 0.3) is 11.8 Å². The molecule has 140 valence electrons. The van der Waals surface area contributed by atoms with Gasteiger partial charge in [-0.3, -0.25) is 9.59 Å². The van der Waals surface area contributed by atoms with Crippen LogP contribution in [0.1, 0.15) is 34.6 Å². The molecule has 2 heterocycles. The molecule has 0 aliphatic heterocycles. The first-order chi connectivity index (χ1) is 12.9. The van der Waals surface area contributed by atoms with E-state index in [-0.39, 0.29) is 11.1 Å². The van der Waals surface area contributed by atoms with Crippen LogP contribution < -0.4 is 11.1 Å². The van der Waals surface area contributed by atoms with Crippen molar-refractivity contribution in [3.8, 4) is 0 Å². The normalized spacial score (nSPS) is 11.9. The number of ether oxygens (including phenoxy) is 1. The lowest BCUT2D eigenvalue weighted by atomic mass is 10.2. The van der Waals surface area contributed by atoms with Crippen molar-refractivity contribution in [2.45, 2.75) is 26.5 Å². The van der Waals surface area contributed by atoms with Crippen LogP contribution in [0.3, 0.4) is 0 Å². The minimum Gasteiger partial charge on any atom is -0.449 e. The second kappa shape index (κ2) is 7.54. The molecule has 0 radical (unpaired) electrons. The van der Waals surface area contributed by atoms with Gasteiger partial charge in [-0.2, -0.15) is 0 Å². The standard InChI is InChI=1S/C17H17N5O4S/c1-3-22-13-5-4-10(8-12(13)20-21-22)17(25)26-9(2)15(24)19-16-11(14(18)23)6-7-27-16/h4-9H,3H2,1-2H3,(H2,18,23)(H,19,24)/t9-/m1/s1. The quantitative estimate of drug-likeness (QED) is 0.621. The molecule has 0 fully saturated rings. The van der Waals surface area contributed by atoms with Crippen molar-refractivity contribution < 1.29 is 19.1 Å². The monoisotopic (exact) mass is 387 g/mol. The Morgan fingerprint density at radius 2 is 2.11 bits per heavy atom. The lowest BCUT2D eigenvalue weighted by Gasteiger charge is -2.13. The number of carbonyl (C=O) groups is 3. The van der Waals surface area contributed by atoms with Gasteiger partial charge in [0.1, 0.15) is 10.5 Å². The second-order valence-corrected chi connectivity index (χ2v) is 6.59. The first kappa shape index (κ1) is 18.5. The number of carbonyl (C=O) groups excluding carboxylic acids is 3. The van der Waals surface area contributed by atoms with Crippen molar-refractivity contribution in [3.05, 3.63) is 40.8 Å². The molecule has 0 spiro atoms. The summed E-state index contributed by atoms with van der Waals surface area (Å²) in [5.74, 6) is -1.87. The van der Waals surface area contributed by atoms with E-state index < -0.39 is 23.9 Å². The highest BCUT2D eigenvalue weighted by molar-refractivity contribution is 7.14. The third kappa shape index (κ3) is 3.80. The maximum atomic E-state index is 12.3. The van der Waals surface area contributed by atoms with Gasteiger partial charge >= 0.3 is 5.97 Å². The van der Waals surface area contributed by atoms with Crippen LogP contribution in [0.5, 0.6) is 0 Å². The zero-order chi connectivity index (χ0) is 19.6. The Bertz CT molecular complexity index is 1030. The third-order valence-electron chi connectivity index (χ3n) is 3.87. The Kier molecular flexibility index (Phi) is 5.17. The average molecular weight is 387 g/mol. The summed E-state index contributed by atoms with van der Waals surface area (Å²) in [7, 11) is 0. The van der Waals surface area contributed by atoms with Gasteiger partial charge in [-0.25, -0.2) is 9.48 Å². The van der Waals surface area contributed by atoms with E-state index in [4.69, 9.17) is 10.5 Å². The number of hydrogen-bond acceptors (Lipinski definition) is 7. The molecule has 2 amide bonds. The van der Waals surface area contributed by atoms with Crippen LogP contribution >= 0.6 is 11.3 Å². The van der Waals surface area contributed by atoms with Crippen molar-refractivity contribution in [1.29, 1.82) is 0 Å². The average Bonchev–Trinajstić information content (AvgIpc) is 3.27. The van der Waals surface area contributed by atoms with E-state index >= 15 is 0 Å². The molecular formula is C17H17N5O4S. The summed E-state index contributed by atoms with van der Waals surface area (Å²) in [6, 6.07) is 6.39. The van der Waals surface area contributed by atoms with E-state index in [0.717, 1.165) is 16.9 Å². The molecule has 0 aliphatic rings. The van der Waals surface area contributed by atoms with Crippen LogP contribution in [0.2, 0.25) is 0 Å². The number of anilines is 1. The van der Waals surface area contributed by atoms with E-state index in [2.05, 4.69) is 15.6 Å². The van der Waals surface area contributed by atoms with E-state index in [0.29, 0.717) is 17.1 Å². The highest BCUT2D eigenvalue weighted by Crippen LogP contribution is 2.23. The van der Waals surface area contributed by atoms with E-state index in [1.807, 2.05) is 6.92 Å². The number of nitrogens with two attached hydrogens (primary N) is 1. The van der Waals surface area contributed by atoms with Gasteiger partial charge in [-0.1, -0.05) is 5.21 Å². The first-order valence-electron chi connectivity index (χ1n) is 8.13. The van der Waals surface area contributed by atoms with Gasteiger partial charge in [0, 0.05) is 6.54 Å². The number of nitrogens with zero attached hydrogens (tertiary/aromatic N) is 3. The molecular weight excluding hydrogens is 370 g/mol. The lowest BCUT2D eigenvalue weighted by molar-refractivity contribution is -0.123. The van der Waals surface area contributed by atoms with Gasteiger partial charge < -0.3 is 15.8 Å². The fourth-order valence-electron chi connectivity index (χ4n) is 2.43. The maximum Gasteiger partial charge on any atom is 0.338 e. The Morgan fingerprint density at radius 1 is 1.33 bits per heavy atom. The highest BCUT2D eigenvalue weighted by atomic mass is 32.1. The predicted octanol–water partition coefficient (Wildman–Crippen LogP) is 1.80. The van der Waals surface area contributed by atoms with Crippen LogP contribution in [0.25, 0.3) is 11.0 Å². The topological polar surface area (TPSA) is 129 Å². The molecule has 3 rings (SSSR count). The zero-order valence-corrected chi connectivity index (χ0v) is 15.4. The molecule has 9 nitrogen and oxygen atoms in total. The SMILES string of the molecule is CCn1nnc2cc(C(=O)O[C@H](C)C(=O)Nc3sccc3C(N)=O)ccc21. The largest absolute Gasteiger partial charge is 0.449 e. The maximum absolute atomic E-state index is 12.3. The molecule has 10 heteroatoms. The molecule has 1 aromatic carbocycles. The van der Waals surface area contributed by atoms with Gasteiger partial charge in [0.2, 0.25) is 0 Å². The zero-order valence-electron chi connectivity index (χ0n) is 14.6. The van der Waals surface area contributed by atoms with Crippen molar-refractivity contribution in [2.24, 2.45) is 5.73 Å². The number of rotatable bonds is 6. The molecule has 0 saturated carbocycles. The highest BCUT2D eigenvalue weighted by Gasteiger charge is 2.22. The Hall–Kier alpha value is -3.27. The number of amides is 2. The number of primary amides is 1. The summed E-state index contributed by atoms with van der Waals surface area (Å²) >= 11 is 1.15. The van der Waals surface area contributed by atoms with E-state index in [9.17, 15) is 14.4 Å². The van der Waals surface area contributed by atoms with Crippen molar-refractivity contribution in [2.75, 3.05) is 5.32 Å². The summed E-state index contributed by atoms with van der Waals surface area (Å²) in [6.45, 7) is 4.04. The molecule has 1 atom stereocenters. The van der Waals surface area contributed by atoms with Crippen molar-refractivity contribution in [1.82, 2.24) is 15.0 Å². The number of thiophene rings is 1. The molecule has 3 aromatic rings. The fourth-order valence-corrected chi connectivity index (χ4v) is 3.22. The Morgan fingerprint density at radius 3 is 2.81 bits per heavy atom. The summed E-state index contributed by atoms with van der Waals surface area (Å²) < 4.78 is 6.92. The Labute approximate surface area is 158 Å². The first-order valence-corrected chi connectivity index (χ1v) is 9.01. The van der Waals surface area contributed by atoms with Crippen LogP contribution in [-0.2, 0) is 16.1 Å². The summed E-state index contributed by atoms with van der Waals surface area (Å²) in [4.78, 5) is 35.9. The minimum atomic E-state index is -1.07. The van der Waals surface area contributed by atoms with E-state index in [1.165, 1.54) is 13.0 Å². The van der Waals surface area contributed by atoms with E-state index in [1.54, 1.807) is 28.3 Å². The third-order valence-corrected chi connectivity index (χ3v) is 4.70. The predicted molar refractivity (Wildman–Crippen MR) is 99.5 cm³/mol. The molecule has 0 unspecified atom stereocenters. The molecule has 0 aliphatic carbocycles. The number of aryl methyl sites for hydroxylation is 1. The number of nitrogens with one attached hydrogen (secondary N) is 1. The van der Waals surface area contributed by atoms with Gasteiger partial charge in [0.05, 0.1) is 16.6 Å². The lowest BCUT2D eigenvalue weighted by Crippen LogP contribution is -2.30. The van der Waals surface area contributed by atoms with Crippen molar-refractivity contribution >= 4 is 45.2 Å². The second-order valence-electron chi connectivity index (χ2n) is 5.67. The van der Waals surface area contributed by atoms with Crippen LogP contribution in [0, 0.1) is 0 Å². The number of hydrogen-bond donors (Lipinski definition) is 2. The summed E-state index contributed by atoms with van der Waals surface area (Å²) in [6.07, 6.45) is -1.07. The van der Waals surface area contributed by atoms with Crippen LogP contribution in [0.15, 0.2) is 29.6 Å². The number of benzene rings is 1. The van der Waals surface area contributed by atoms with Crippen LogP contribution in [-0.4, -0.2) is 38.9 Å². The van der Waals surface area contributed by atoms with Gasteiger partial charge in [-0.15, -0.1) is 16.4 Å². The fraction of sp³-hybridized carbons (Fsp3) is 0.235. The molecule has 0 bridgehead atoms. The number of fused-ring (bicyclic) bond motifs is 1. The molecule has 3 N–H and O–H groups in total. The summed E-state index contributed by atoms with van der Waals surface area (Å²) in [5.41, 5.74) is 7.08. The molecule has 0 saturated heterocycles. The van der Waals surface area contributed by atoms with Gasteiger partial charge in [0.15, 0.2) is 6.10 Å². The number of esters is 1. The number of aromatic nitrogens is 3. The molecule has 27 heavy (non-hydrogen) atoms. The van der Waals surface area contributed by atoms with Gasteiger partial charge in [-0.05, 0) is 43.5 Å². The summed E-state index contributed by atoms with van der Waals surface area (Å²) in [5, 5.41) is 12.5. The smallest absolute Gasteiger partial charge is 0.338 e. The van der Waals surface area contributed by atoms with Crippen LogP contribution in [0.4, 0.5) is 5.00 Å². The Balaban J connectivity index is 1.68.